The Hall–Kier alpha value is -0.890. The standard InChI is InChI=1S/C9H12N2/c10-9(7-3-4-7)8-2-1-5-11-6-8/h1-2,5-7,9H,3-4,10H2/t9-/m0/s1. The fourth-order valence-corrected chi connectivity index (χ4v) is 1.30. The van der Waals surface area contributed by atoms with E-state index in [9.17, 15) is 0 Å². The summed E-state index contributed by atoms with van der Waals surface area (Å²) in [6.45, 7) is 0. The van der Waals surface area contributed by atoms with Crippen LogP contribution < -0.4 is 5.73 Å². The van der Waals surface area contributed by atoms with Crippen molar-refractivity contribution in [2.24, 2.45) is 11.7 Å². The zero-order chi connectivity index (χ0) is 7.68. The molecule has 1 aromatic heterocycles. The molecule has 0 amide bonds. The molecule has 2 rings (SSSR count). The van der Waals surface area contributed by atoms with Gasteiger partial charge in [-0.05, 0) is 30.4 Å². The van der Waals surface area contributed by atoms with Gasteiger partial charge in [0.25, 0.3) is 0 Å². The second-order valence-corrected chi connectivity index (χ2v) is 3.15. The normalized spacial score (nSPS) is 19.7. The first-order valence-electron chi connectivity index (χ1n) is 4.03. The predicted octanol–water partition coefficient (Wildman–Crippen LogP) is 1.49. The van der Waals surface area contributed by atoms with Gasteiger partial charge in [-0.3, -0.25) is 4.98 Å². The van der Waals surface area contributed by atoms with Crippen LogP contribution in [0, 0.1) is 5.92 Å². The average Bonchev–Trinajstić information content (AvgIpc) is 2.87. The highest BCUT2D eigenvalue weighted by Gasteiger charge is 2.29. The first kappa shape index (κ1) is 6.80. The van der Waals surface area contributed by atoms with E-state index in [0.717, 1.165) is 5.92 Å². The van der Waals surface area contributed by atoms with Crippen LogP contribution in [0.4, 0.5) is 0 Å². The van der Waals surface area contributed by atoms with E-state index in [-0.39, 0.29) is 6.04 Å². The second-order valence-electron chi connectivity index (χ2n) is 3.15. The number of hydrogen-bond acceptors (Lipinski definition) is 2. The minimum absolute atomic E-state index is 0.226. The number of nitrogens with two attached hydrogens (primary N) is 1. The molecule has 0 radical (unpaired) electrons. The highest BCUT2D eigenvalue weighted by molar-refractivity contribution is 5.15. The van der Waals surface area contributed by atoms with Gasteiger partial charge in [-0.15, -0.1) is 0 Å². The lowest BCUT2D eigenvalue weighted by Gasteiger charge is -2.08. The molecule has 1 aromatic rings. The Bertz CT molecular complexity index is 229. The van der Waals surface area contributed by atoms with Crippen LogP contribution in [0.1, 0.15) is 24.4 Å². The summed E-state index contributed by atoms with van der Waals surface area (Å²) in [7, 11) is 0. The maximum Gasteiger partial charge on any atom is 0.0338 e. The molecule has 2 heteroatoms. The van der Waals surface area contributed by atoms with Crippen molar-refractivity contribution in [3.05, 3.63) is 30.1 Å². The lowest BCUT2D eigenvalue weighted by molar-refractivity contribution is 0.631. The minimum atomic E-state index is 0.226. The molecule has 2 N–H and O–H groups in total. The monoisotopic (exact) mass is 148 g/mol. The van der Waals surface area contributed by atoms with Crippen LogP contribution in [-0.4, -0.2) is 4.98 Å². The van der Waals surface area contributed by atoms with Crippen LogP contribution in [-0.2, 0) is 0 Å². The van der Waals surface area contributed by atoms with Crippen molar-refractivity contribution >= 4 is 0 Å². The molecule has 0 bridgehead atoms. The van der Waals surface area contributed by atoms with E-state index in [4.69, 9.17) is 5.73 Å². The molecule has 1 atom stereocenters. The summed E-state index contributed by atoms with van der Waals surface area (Å²) in [5.74, 6) is 0.721. The predicted molar refractivity (Wildman–Crippen MR) is 43.9 cm³/mol. The van der Waals surface area contributed by atoms with Crippen LogP contribution in [0.2, 0.25) is 0 Å². The Morgan fingerprint density at radius 3 is 2.91 bits per heavy atom. The zero-order valence-electron chi connectivity index (χ0n) is 6.40. The van der Waals surface area contributed by atoms with Crippen LogP contribution in [0.3, 0.4) is 0 Å². The second kappa shape index (κ2) is 2.62. The summed E-state index contributed by atoms with van der Waals surface area (Å²) in [6.07, 6.45) is 6.22. The van der Waals surface area contributed by atoms with Gasteiger partial charge >= 0.3 is 0 Å². The van der Waals surface area contributed by atoms with Gasteiger partial charge in [0, 0.05) is 18.4 Å². The third-order valence-corrected chi connectivity index (χ3v) is 2.20. The van der Waals surface area contributed by atoms with Gasteiger partial charge in [0.15, 0.2) is 0 Å². The maximum atomic E-state index is 5.96. The third kappa shape index (κ3) is 1.40. The Kier molecular flexibility index (Phi) is 1.62. The summed E-state index contributed by atoms with van der Waals surface area (Å²) in [6, 6.07) is 4.22. The lowest BCUT2D eigenvalue weighted by atomic mass is 10.1. The molecule has 0 aliphatic heterocycles. The van der Waals surface area contributed by atoms with Gasteiger partial charge in [0.2, 0.25) is 0 Å². The first-order valence-corrected chi connectivity index (χ1v) is 4.03. The van der Waals surface area contributed by atoms with Crippen molar-refractivity contribution in [1.29, 1.82) is 0 Å². The molecule has 1 saturated carbocycles. The van der Waals surface area contributed by atoms with E-state index in [0.29, 0.717) is 0 Å². The molecule has 0 saturated heterocycles. The number of aromatic nitrogens is 1. The smallest absolute Gasteiger partial charge is 0.0338 e. The Morgan fingerprint density at radius 2 is 2.36 bits per heavy atom. The third-order valence-electron chi connectivity index (χ3n) is 2.20. The number of hydrogen-bond donors (Lipinski definition) is 1. The summed E-state index contributed by atoms with van der Waals surface area (Å²) in [5, 5.41) is 0. The fraction of sp³-hybridized carbons (Fsp3) is 0.444. The van der Waals surface area contributed by atoms with Gasteiger partial charge in [-0.25, -0.2) is 0 Å². The number of pyridine rings is 1. The van der Waals surface area contributed by atoms with E-state index >= 15 is 0 Å². The van der Waals surface area contributed by atoms with Gasteiger partial charge in [0.05, 0.1) is 0 Å². The summed E-state index contributed by atoms with van der Waals surface area (Å²) in [5.41, 5.74) is 7.14. The van der Waals surface area contributed by atoms with Gasteiger partial charge in [-0.1, -0.05) is 6.07 Å². The Balaban J connectivity index is 2.15. The Labute approximate surface area is 66.4 Å². The molecule has 58 valence electrons. The molecular weight excluding hydrogens is 136 g/mol. The van der Waals surface area contributed by atoms with Crippen molar-refractivity contribution in [3.8, 4) is 0 Å². The maximum absolute atomic E-state index is 5.96. The zero-order valence-corrected chi connectivity index (χ0v) is 6.40. The van der Waals surface area contributed by atoms with E-state index < -0.39 is 0 Å². The summed E-state index contributed by atoms with van der Waals surface area (Å²) < 4.78 is 0. The largest absolute Gasteiger partial charge is 0.324 e. The summed E-state index contributed by atoms with van der Waals surface area (Å²) in [4.78, 5) is 4.04. The highest BCUT2D eigenvalue weighted by Crippen LogP contribution is 2.38. The molecule has 0 aromatic carbocycles. The first-order chi connectivity index (χ1) is 5.38. The van der Waals surface area contributed by atoms with Crippen LogP contribution >= 0.6 is 0 Å². The van der Waals surface area contributed by atoms with Crippen LogP contribution in [0.5, 0.6) is 0 Å². The van der Waals surface area contributed by atoms with Crippen LogP contribution in [0.15, 0.2) is 24.5 Å². The molecule has 0 unspecified atom stereocenters. The molecule has 1 heterocycles. The van der Waals surface area contributed by atoms with E-state index in [2.05, 4.69) is 11.1 Å². The lowest BCUT2D eigenvalue weighted by Crippen LogP contribution is -2.12. The van der Waals surface area contributed by atoms with E-state index in [1.165, 1.54) is 18.4 Å². The van der Waals surface area contributed by atoms with Gasteiger partial charge in [-0.2, -0.15) is 0 Å². The number of rotatable bonds is 2. The molecule has 1 aliphatic rings. The molecular formula is C9H12N2. The van der Waals surface area contributed by atoms with Crippen molar-refractivity contribution in [3.63, 3.8) is 0 Å². The average molecular weight is 148 g/mol. The van der Waals surface area contributed by atoms with Crippen molar-refractivity contribution in [2.75, 3.05) is 0 Å². The molecule has 0 spiro atoms. The van der Waals surface area contributed by atoms with Crippen LogP contribution in [0.25, 0.3) is 0 Å². The van der Waals surface area contributed by atoms with E-state index in [1.54, 1.807) is 6.20 Å². The molecule has 2 nitrogen and oxygen atoms in total. The van der Waals surface area contributed by atoms with Gasteiger partial charge < -0.3 is 5.73 Å². The fourth-order valence-electron chi connectivity index (χ4n) is 1.30. The number of nitrogens with zero attached hydrogens (tertiary/aromatic N) is 1. The highest BCUT2D eigenvalue weighted by atomic mass is 14.7. The molecule has 11 heavy (non-hydrogen) atoms. The SMILES string of the molecule is N[C@H](c1cccnc1)C1CC1. The molecule has 1 aliphatic carbocycles. The summed E-state index contributed by atoms with van der Waals surface area (Å²) >= 11 is 0. The van der Waals surface area contributed by atoms with Crippen molar-refractivity contribution in [2.45, 2.75) is 18.9 Å². The van der Waals surface area contributed by atoms with Gasteiger partial charge in [0.1, 0.15) is 0 Å². The van der Waals surface area contributed by atoms with Crippen molar-refractivity contribution < 1.29 is 0 Å². The van der Waals surface area contributed by atoms with E-state index in [1.807, 2.05) is 12.3 Å². The van der Waals surface area contributed by atoms with Crippen molar-refractivity contribution in [1.82, 2.24) is 4.98 Å². The Morgan fingerprint density at radius 1 is 1.55 bits per heavy atom. The topological polar surface area (TPSA) is 38.9 Å². The quantitative estimate of drug-likeness (QED) is 0.690. The minimum Gasteiger partial charge on any atom is -0.324 e. The molecule has 1 fully saturated rings.